The van der Waals surface area contributed by atoms with E-state index in [1.165, 1.54) is 0 Å². The largest absolute Gasteiger partial charge is 0.443 e. The highest BCUT2D eigenvalue weighted by molar-refractivity contribution is 5.12. The molecule has 1 saturated carbocycles. The number of rotatable bonds is 2. The van der Waals surface area contributed by atoms with Crippen LogP contribution in [-0.4, -0.2) is 36.2 Å². The second-order valence-electron chi connectivity index (χ2n) is 8.41. The van der Waals surface area contributed by atoms with Crippen molar-refractivity contribution < 1.29 is 37.2 Å². The molecule has 1 aliphatic carbocycles. The van der Waals surface area contributed by atoms with Crippen molar-refractivity contribution in [2.75, 3.05) is 6.61 Å². The van der Waals surface area contributed by atoms with Gasteiger partial charge in [-0.25, -0.2) is 9.78 Å². The SMILES string of the molecule is CCOC1(C(F)(F)F)O[C@@H]2O[C@]3(C)CC[C@H]4[C@H](C)CC[C@@H]([C@H]1C)[C@@]24OO3. The summed E-state index contributed by atoms with van der Waals surface area (Å²) in [5.74, 6) is -4.87. The minimum Gasteiger partial charge on any atom is -0.343 e. The Morgan fingerprint density at radius 3 is 2.42 bits per heavy atom. The van der Waals surface area contributed by atoms with Gasteiger partial charge in [0.15, 0.2) is 11.9 Å². The molecule has 150 valence electrons. The molecule has 0 aromatic rings. The molecule has 5 rings (SSSR count). The maximum Gasteiger partial charge on any atom is 0.443 e. The van der Waals surface area contributed by atoms with Crippen LogP contribution in [0.15, 0.2) is 0 Å². The van der Waals surface area contributed by atoms with E-state index in [0.717, 1.165) is 12.8 Å². The van der Waals surface area contributed by atoms with E-state index in [2.05, 4.69) is 6.92 Å². The van der Waals surface area contributed by atoms with Crippen LogP contribution in [0.1, 0.15) is 53.4 Å². The highest BCUT2D eigenvalue weighted by atomic mass is 19.4. The minimum atomic E-state index is -4.68. The molecule has 26 heavy (non-hydrogen) atoms. The third-order valence-corrected chi connectivity index (χ3v) is 7.01. The zero-order valence-electron chi connectivity index (χ0n) is 15.6. The van der Waals surface area contributed by atoms with E-state index >= 15 is 0 Å². The van der Waals surface area contributed by atoms with Gasteiger partial charge >= 0.3 is 6.18 Å². The van der Waals surface area contributed by atoms with Crippen LogP contribution in [0, 0.1) is 23.7 Å². The first-order valence-electron chi connectivity index (χ1n) is 9.53. The lowest BCUT2D eigenvalue weighted by molar-refractivity contribution is -0.598. The Balaban J connectivity index is 1.84. The number of halogens is 3. The molecule has 4 aliphatic heterocycles. The molecule has 0 radical (unpaired) electrons. The van der Waals surface area contributed by atoms with Crippen molar-refractivity contribution in [1.82, 2.24) is 0 Å². The van der Waals surface area contributed by atoms with Crippen molar-refractivity contribution in [1.29, 1.82) is 0 Å². The molecule has 5 nitrogen and oxygen atoms in total. The smallest absolute Gasteiger partial charge is 0.343 e. The molecule has 0 N–H and O–H groups in total. The van der Waals surface area contributed by atoms with Gasteiger partial charge in [0.25, 0.3) is 5.79 Å². The van der Waals surface area contributed by atoms with Crippen LogP contribution in [0.5, 0.6) is 0 Å². The van der Waals surface area contributed by atoms with Crippen molar-refractivity contribution in [3.63, 3.8) is 0 Å². The average Bonchev–Trinajstić information content (AvgIpc) is 2.78. The number of alkyl halides is 3. The van der Waals surface area contributed by atoms with Crippen LogP contribution in [0.4, 0.5) is 13.2 Å². The Hall–Kier alpha value is -0.410. The molecule has 5 aliphatic rings. The standard InChI is InChI=1S/C18H27F3O5/c1-5-22-17(18(19,20)21)11(3)13-7-6-10(2)12-8-9-15(4)23-14(24-17)16(12,13)26-25-15/h10-14H,5-9H2,1-4H3/t10-,11-,12+,13+,14+,15+,16-,17?/m1/s1. The summed E-state index contributed by atoms with van der Waals surface area (Å²) in [6, 6.07) is 0. The second kappa shape index (κ2) is 5.80. The summed E-state index contributed by atoms with van der Waals surface area (Å²) in [5, 5.41) is 0. The topological polar surface area (TPSA) is 46.2 Å². The van der Waals surface area contributed by atoms with E-state index in [1.54, 1.807) is 20.8 Å². The molecule has 0 aromatic carbocycles. The Morgan fingerprint density at radius 2 is 1.77 bits per heavy atom. The molecule has 4 heterocycles. The van der Waals surface area contributed by atoms with E-state index in [9.17, 15) is 13.2 Å². The van der Waals surface area contributed by atoms with E-state index in [4.69, 9.17) is 24.0 Å². The van der Waals surface area contributed by atoms with E-state index in [1.807, 2.05) is 0 Å². The molecule has 4 saturated heterocycles. The van der Waals surface area contributed by atoms with Gasteiger partial charge in [-0.15, -0.1) is 0 Å². The quantitative estimate of drug-likeness (QED) is 0.673. The first-order chi connectivity index (χ1) is 12.1. The summed E-state index contributed by atoms with van der Waals surface area (Å²) in [6.07, 6.45) is -3.10. The number of hydrogen-bond acceptors (Lipinski definition) is 5. The summed E-state index contributed by atoms with van der Waals surface area (Å²) < 4.78 is 59.4. The summed E-state index contributed by atoms with van der Waals surface area (Å²) in [5.41, 5.74) is -1.03. The average molecular weight is 380 g/mol. The normalized spacial score (nSPS) is 53.9. The fourth-order valence-electron chi connectivity index (χ4n) is 5.70. The summed E-state index contributed by atoms with van der Waals surface area (Å²) >= 11 is 0. The summed E-state index contributed by atoms with van der Waals surface area (Å²) in [4.78, 5) is 11.5. The number of hydrogen-bond donors (Lipinski definition) is 0. The third kappa shape index (κ3) is 2.28. The van der Waals surface area contributed by atoms with Gasteiger partial charge in [0.05, 0.1) is 0 Å². The zero-order valence-corrected chi connectivity index (χ0v) is 15.6. The lowest BCUT2D eigenvalue weighted by Gasteiger charge is -2.62. The Bertz CT molecular complexity index is 572. The van der Waals surface area contributed by atoms with Crippen molar-refractivity contribution >= 4 is 0 Å². The Kier molecular flexibility index (Phi) is 4.22. The fraction of sp³-hybridized carbons (Fsp3) is 1.00. The van der Waals surface area contributed by atoms with E-state index in [-0.39, 0.29) is 12.5 Å². The van der Waals surface area contributed by atoms with Crippen molar-refractivity contribution in [3.8, 4) is 0 Å². The van der Waals surface area contributed by atoms with Crippen LogP contribution in [0.2, 0.25) is 0 Å². The van der Waals surface area contributed by atoms with Crippen LogP contribution in [0.25, 0.3) is 0 Å². The van der Waals surface area contributed by atoms with Gasteiger partial charge in [-0.3, -0.25) is 0 Å². The molecule has 8 heteroatoms. The van der Waals surface area contributed by atoms with Gasteiger partial charge in [0.2, 0.25) is 5.79 Å². The highest BCUT2D eigenvalue weighted by Crippen LogP contribution is 2.64. The molecular weight excluding hydrogens is 353 g/mol. The maximum atomic E-state index is 14.2. The number of fused-ring (bicyclic) bond motifs is 2. The van der Waals surface area contributed by atoms with Gasteiger partial charge in [-0.05, 0) is 44.9 Å². The lowest BCUT2D eigenvalue weighted by atomic mass is 9.57. The first-order valence-corrected chi connectivity index (χ1v) is 9.53. The van der Waals surface area contributed by atoms with Gasteiger partial charge in [0.1, 0.15) is 0 Å². The van der Waals surface area contributed by atoms with Crippen LogP contribution in [-0.2, 0) is 24.0 Å². The molecular formula is C18H27F3O5. The maximum absolute atomic E-state index is 14.2. The van der Waals surface area contributed by atoms with Crippen molar-refractivity contribution in [3.05, 3.63) is 0 Å². The Labute approximate surface area is 151 Å². The molecule has 5 fully saturated rings. The summed E-state index contributed by atoms with van der Waals surface area (Å²) in [7, 11) is 0. The van der Waals surface area contributed by atoms with Gasteiger partial charge in [0, 0.05) is 24.9 Å². The predicted molar refractivity (Wildman–Crippen MR) is 83.5 cm³/mol. The van der Waals surface area contributed by atoms with Crippen molar-refractivity contribution in [2.24, 2.45) is 23.7 Å². The minimum absolute atomic E-state index is 0.0193. The molecule has 8 atom stereocenters. The van der Waals surface area contributed by atoms with Gasteiger partial charge < -0.3 is 14.2 Å². The van der Waals surface area contributed by atoms with E-state index < -0.39 is 41.5 Å². The van der Waals surface area contributed by atoms with Crippen LogP contribution < -0.4 is 0 Å². The molecule has 1 spiro atoms. The highest BCUT2D eigenvalue weighted by Gasteiger charge is 2.77. The fourth-order valence-corrected chi connectivity index (χ4v) is 5.70. The monoisotopic (exact) mass is 380 g/mol. The van der Waals surface area contributed by atoms with Gasteiger partial charge in [-0.1, -0.05) is 13.8 Å². The van der Waals surface area contributed by atoms with E-state index in [0.29, 0.717) is 18.8 Å². The molecule has 0 amide bonds. The van der Waals surface area contributed by atoms with Crippen molar-refractivity contribution in [2.45, 2.75) is 83.0 Å². The molecule has 2 bridgehead atoms. The number of ether oxygens (including phenoxy) is 3. The second-order valence-corrected chi connectivity index (χ2v) is 8.41. The molecule has 0 aromatic heterocycles. The molecule has 1 unspecified atom stereocenters. The zero-order chi connectivity index (χ0) is 19.0. The first kappa shape index (κ1) is 18.9. The predicted octanol–water partition coefficient (Wildman–Crippen LogP) is 4.16. The van der Waals surface area contributed by atoms with Crippen LogP contribution >= 0.6 is 0 Å². The van der Waals surface area contributed by atoms with Gasteiger partial charge in [-0.2, -0.15) is 13.2 Å². The Morgan fingerprint density at radius 1 is 1.04 bits per heavy atom. The van der Waals surface area contributed by atoms with Crippen LogP contribution in [0.3, 0.4) is 0 Å². The lowest BCUT2D eigenvalue weighted by Crippen LogP contribution is -2.76. The third-order valence-electron chi connectivity index (χ3n) is 7.01. The summed E-state index contributed by atoms with van der Waals surface area (Å²) in [6.45, 7) is 6.80.